The maximum atomic E-state index is 12.0. The molecule has 0 atom stereocenters. The number of H-pyrrole nitrogens is 1. The average molecular weight is 354 g/mol. The zero-order valence-corrected chi connectivity index (χ0v) is 14.2. The van der Waals surface area contributed by atoms with Crippen molar-refractivity contribution in [1.29, 1.82) is 0 Å². The Morgan fingerprint density at radius 2 is 1.96 bits per heavy atom. The van der Waals surface area contributed by atoms with Crippen molar-refractivity contribution in [2.45, 2.75) is 6.92 Å². The van der Waals surface area contributed by atoms with E-state index in [0.29, 0.717) is 5.56 Å². The van der Waals surface area contributed by atoms with E-state index in [1.54, 1.807) is 6.21 Å². The van der Waals surface area contributed by atoms with E-state index in [-0.39, 0.29) is 10.8 Å². The molecule has 0 fully saturated rings. The van der Waals surface area contributed by atoms with Crippen LogP contribution in [0, 0.1) is 6.92 Å². The quantitative estimate of drug-likeness (QED) is 0.487. The zero-order chi connectivity index (χ0) is 17.8. The van der Waals surface area contributed by atoms with Crippen LogP contribution in [0.5, 0.6) is 5.75 Å². The minimum absolute atomic E-state index is 0.0712. The van der Waals surface area contributed by atoms with Gasteiger partial charge in [-0.05, 0) is 36.8 Å². The molecule has 1 amide bonds. The lowest BCUT2D eigenvalue weighted by Gasteiger charge is -2.01. The van der Waals surface area contributed by atoms with E-state index in [0.717, 1.165) is 22.5 Å². The molecule has 0 aliphatic rings. The predicted molar refractivity (Wildman–Crippen MR) is 99.1 cm³/mol. The number of nitrogens with zero attached hydrogens (tertiary/aromatic N) is 1. The third-order valence-corrected chi connectivity index (χ3v) is 4.02. The molecule has 3 N–H and O–H groups in total. The van der Waals surface area contributed by atoms with Crippen LogP contribution in [0.15, 0.2) is 59.7 Å². The number of hydrazone groups is 1. The van der Waals surface area contributed by atoms with Gasteiger partial charge in [0.05, 0.1) is 11.2 Å². The van der Waals surface area contributed by atoms with Crippen LogP contribution in [0.4, 0.5) is 0 Å². The van der Waals surface area contributed by atoms with Gasteiger partial charge in [0.1, 0.15) is 5.75 Å². The van der Waals surface area contributed by atoms with E-state index in [1.807, 2.05) is 43.3 Å². The number of aromatic nitrogens is 1. The summed E-state index contributed by atoms with van der Waals surface area (Å²) in [5.41, 5.74) is 6.65. The first kappa shape index (κ1) is 16.8. The highest BCUT2D eigenvalue weighted by Gasteiger charge is 2.08. The Kier molecular flexibility index (Phi) is 4.86. The van der Waals surface area contributed by atoms with Crippen molar-refractivity contribution >= 4 is 23.7 Å². The van der Waals surface area contributed by atoms with Gasteiger partial charge in [0.15, 0.2) is 0 Å². The third-order valence-electron chi connectivity index (χ3n) is 3.72. The number of hydrogen-bond acceptors (Lipinski definition) is 3. The van der Waals surface area contributed by atoms with Crippen molar-refractivity contribution in [3.63, 3.8) is 0 Å². The molecule has 0 aliphatic carbocycles. The van der Waals surface area contributed by atoms with Crippen molar-refractivity contribution in [3.8, 4) is 17.0 Å². The highest BCUT2D eigenvalue weighted by atomic mass is 35.5. The third kappa shape index (κ3) is 3.89. The van der Waals surface area contributed by atoms with Gasteiger partial charge in [0.2, 0.25) is 0 Å². The number of amides is 1. The lowest BCUT2D eigenvalue weighted by Crippen LogP contribution is -2.17. The van der Waals surface area contributed by atoms with Gasteiger partial charge in [0, 0.05) is 22.5 Å². The molecule has 0 bridgehead atoms. The number of carbonyl (C=O) groups is 1. The van der Waals surface area contributed by atoms with Crippen LogP contribution in [0.3, 0.4) is 0 Å². The van der Waals surface area contributed by atoms with Crippen molar-refractivity contribution in [1.82, 2.24) is 10.4 Å². The number of phenolic OH excluding ortho intramolecular Hbond substituents is 1. The Morgan fingerprint density at radius 3 is 2.68 bits per heavy atom. The molecule has 1 heterocycles. The molecular formula is C19H16ClN3O2. The van der Waals surface area contributed by atoms with Crippen molar-refractivity contribution in [2.24, 2.45) is 5.10 Å². The molecule has 0 saturated heterocycles. The summed E-state index contributed by atoms with van der Waals surface area (Å²) in [5, 5.41) is 13.5. The summed E-state index contributed by atoms with van der Waals surface area (Å²) in [7, 11) is 0. The molecule has 0 spiro atoms. The molecule has 3 aromatic rings. The van der Waals surface area contributed by atoms with Crippen LogP contribution in [-0.4, -0.2) is 22.2 Å². The first-order valence-corrected chi connectivity index (χ1v) is 7.99. The number of aryl methyl sites for hydroxylation is 1. The van der Waals surface area contributed by atoms with E-state index >= 15 is 0 Å². The molecule has 0 radical (unpaired) electrons. The largest absolute Gasteiger partial charge is 0.506 e. The first-order valence-electron chi connectivity index (χ1n) is 7.61. The Morgan fingerprint density at radius 1 is 1.20 bits per heavy atom. The van der Waals surface area contributed by atoms with Gasteiger partial charge in [-0.2, -0.15) is 5.10 Å². The summed E-state index contributed by atoms with van der Waals surface area (Å²) in [5.74, 6) is -0.479. The lowest BCUT2D eigenvalue weighted by atomic mass is 10.1. The van der Waals surface area contributed by atoms with Crippen molar-refractivity contribution in [2.75, 3.05) is 0 Å². The second-order valence-electron chi connectivity index (χ2n) is 5.49. The van der Waals surface area contributed by atoms with Gasteiger partial charge in [-0.3, -0.25) is 4.79 Å². The number of nitrogens with one attached hydrogen (secondary N) is 2. The summed E-state index contributed by atoms with van der Waals surface area (Å²) in [6.07, 6.45) is 1.58. The van der Waals surface area contributed by atoms with E-state index in [9.17, 15) is 9.90 Å². The van der Waals surface area contributed by atoms with Gasteiger partial charge in [-0.25, -0.2) is 5.43 Å². The van der Waals surface area contributed by atoms with Gasteiger partial charge in [0.25, 0.3) is 5.91 Å². The maximum Gasteiger partial charge on any atom is 0.271 e. The number of carbonyl (C=O) groups excluding carboxylic acids is 1. The number of hydrogen-bond donors (Lipinski definition) is 3. The SMILES string of the molecule is Cc1[nH]c(-c2ccccc2)cc1/C=N/NC(=O)c1ccc(O)c(Cl)c1. The molecule has 25 heavy (non-hydrogen) atoms. The average Bonchev–Trinajstić information content (AvgIpc) is 2.99. The number of aromatic amines is 1. The topological polar surface area (TPSA) is 77.5 Å². The van der Waals surface area contributed by atoms with Crippen LogP contribution < -0.4 is 5.43 Å². The van der Waals surface area contributed by atoms with Crippen LogP contribution >= 0.6 is 11.6 Å². The normalized spacial score (nSPS) is 11.0. The molecule has 0 unspecified atom stereocenters. The zero-order valence-electron chi connectivity index (χ0n) is 13.5. The molecule has 6 heteroatoms. The number of phenols is 1. The van der Waals surface area contributed by atoms with E-state index in [2.05, 4.69) is 15.5 Å². The second-order valence-corrected chi connectivity index (χ2v) is 5.90. The minimum Gasteiger partial charge on any atom is -0.506 e. The van der Waals surface area contributed by atoms with Crippen LogP contribution in [0.25, 0.3) is 11.3 Å². The van der Waals surface area contributed by atoms with Crippen LogP contribution in [0.1, 0.15) is 21.6 Å². The fourth-order valence-electron chi connectivity index (χ4n) is 2.35. The molecule has 126 valence electrons. The molecule has 2 aromatic carbocycles. The summed E-state index contributed by atoms with van der Waals surface area (Å²) in [4.78, 5) is 15.3. The van der Waals surface area contributed by atoms with Crippen molar-refractivity contribution < 1.29 is 9.90 Å². The highest BCUT2D eigenvalue weighted by molar-refractivity contribution is 6.32. The summed E-state index contributed by atoms with van der Waals surface area (Å²) < 4.78 is 0. The Bertz CT molecular complexity index is 933. The van der Waals surface area contributed by atoms with Gasteiger partial charge in [-0.15, -0.1) is 0 Å². The number of halogens is 1. The smallest absolute Gasteiger partial charge is 0.271 e. The fourth-order valence-corrected chi connectivity index (χ4v) is 2.53. The molecular weight excluding hydrogens is 338 g/mol. The Balaban J connectivity index is 1.71. The fraction of sp³-hybridized carbons (Fsp3) is 0.0526. The van der Waals surface area contributed by atoms with Crippen molar-refractivity contribution in [3.05, 3.63) is 76.4 Å². The predicted octanol–water partition coefficient (Wildman–Crippen LogP) is 4.11. The summed E-state index contributed by atoms with van der Waals surface area (Å²) in [6.45, 7) is 1.94. The lowest BCUT2D eigenvalue weighted by molar-refractivity contribution is 0.0955. The standard InChI is InChI=1S/C19H16ClN3O2/c1-12-15(10-17(22-12)13-5-3-2-4-6-13)11-21-23-19(25)14-7-8-18(24)16(20)9-14/h2-11,22,24H,1H3,(H,23,25)/b21-11+. The van der Waals surface area contributed by atoms with Crippen LogP contribution in [-0.2, 0) is 0 Å². The molecule has 3 rings (SSSR count). The Labute approximate surface area is 150 Å². The maximum absolute atomic E-state index is 12.0. The number of rotatable bonds is 4. The van der Waals surface area contributed by atoms with E-state index in [1.165, 1.54) is 18.2 Å². The van der Waals surface area contributed by atoms with Gasteiger partial charge in [-0.1, -0.05) is 41.9 Å². The number of aromatic hydroxyl groups is 1. The van der Waals surface area contributed by atoms with Gasteiger partial charge < -0.3 is 10.1 Å². The molecule has 5 nitrogen and oxygen atoms in total. The minimum atomic E-state index is -0.408. The molecule has 0 saturated carbocycles. The van der Waals surface area contributed by atoms with E-state index in [4.69, 9.17) is 11.6 Å². The summed E-state index contributed by atoms with van der Waals surface area (Å²) >= 11 is 5.80. The summed E-state index contributed by atoms with van der Waals surface area (Å²) in [6, 6.07) is 16.1. The van der Waals surface area contributed by atoms with E-state index < -0.39 is 5.91 Å². The van der Waals surface area contributed by atoms with Gasteiger partial charge >= 0.3 is 0 Å². The number of benzene rings is 2. The second kappa shape index (κ2) is 7.23. The Hall–Kier alpha value is -3.05. The van der Waals surface area contributed by atoms with Crippen LogP contribution in [0.2, 0.25) is 5.02 Å². The first-order chi connectivity index (χ1) is 12.0. The molecule has 0 aliphatic heterocycles. The monoisotopic (exact) mass is 353 g/mol. The highest BCUT2D eigenvalue weighted by Crippen LogP contribution is 2.23. The molecule has 1 aromatic heterocycles.